The van der Waals surface area contributed by atoms with Gasteiger partial charge in [-0.05, 0) is 36.6 Å². The zero-order valence-electron chi connectivity index (χ0n) is 18.1. The molecule has 0 spiro atoms. The molecule has 0 bridgehead atoms. The van der Waals surface area contributed by atoms with Crippen molar-refractivity contribution in [2.75, 3.05) is 11.5 Å². The van der Waals surface area contributed by atoms with E-state index in [1.807, 2.05) is 38.1 Å². The molecular weight excluding hydrogens is 432 g/mol. The number of hydrogen-bond donors (Lipinski definition) is 1. The van der Waals surface area contributed by atoms with Crippen molar-refractivity contribution in [3.05, 3.63) is 64.8 Å². The SMILES string of the molecule is CCc1nc(CN2C(=O)COc3cc(S(=O)(=O)NCc4ccccc4C)c(C)cc32)no1. The van der Waals surface area contributed by atoms with Crippen LogP contribution in [0.1, 0.15) is 35.3 Å². The lowest BCUT2D eigenvalue weighted by Gasteiger charge is -2.29. The summed E-state index contributed by atoms with van der Waals surface area (Å²) >= 11 is 0. The van der Waals surface area contributed by atoms with Gasteiger partial charge in [0, 0.05) is 19.0 Å². The number of benzene rings is 2. The van der Waals surface area contributed by atoms with E-state index in [4.69, 9.17) is 9.26 Å². The average Bonchev–Trinajstić information content (AvgIpc) is 3.23. The molecule has 3 aromatic rings. The lowest BCUT2D eigenvalue weighted by molar-refractivity contribution is -0.121. The van der Waals surface area contributed by atoms with E-state index in [0.29, 0.717) is 35.1 Å². The van der Waals surface area contributed by atoms with E-state index < -0.39 is 10.0 Å². The van der Waals surface area contributed by atoms with Crippen molar-refractivity contribution in [1.29, 1.82) is 0 Å². The zero-order chi connectivity index (χ0) is 22.9. The van der Waals surface area contributed by atoms with Crippen LogP contribution in [-0.2, 0) is 34.3 Å². The number of hydrogen-bond acceptors (Lipinski definition) is 7. The Hall–Kier alpha value is -3.24. The average molecular weight is 457 g/mol. The van der Waals surface area contributed by atoms with Crippen LogP contribution in [0.2, 0.25) is 0 Å². The summed E-state index contributed by atoms with van der Waals surface area (Å²) in [6.07, 6.45) is 0.594. The maximum Gasteiger partial charge on any atom is 0.265 e. The Bertz CT molecular complexity index is 1270. The predicted molar refractivity (Wildman–Crippen MR) is 117 cm³/mol. The molecule has 0 saturated carbocycles. The Kier molecular flexibility index (Phi) is 5.98. The third-order valence-corrected chi connectivity index (χ3v) is 6.86. The maximum absolute atomic E-state index is 13.0. The molecule has 32 heavy (non-hydrogen) atoms. The van der Waals surface area contributed by atoms with Gasteiger partial charge >= 0.3 is 0 Å². The molecule has 10 heteroatoms. The molecule has 1 aromatic heterocycles. The van der Waals surface area contributed by atoms with Crippen LogP contribution in [0, 0.1) is 13.8 Å². The number of carbonyl (C=O) groups is 1. The number of sulfonamides is 1. The van der Waals surface area contributed by atoms with Gasteiger partial charge in [0.05, 0.1) is 17.1 Å². The van der Waals surface area contributed by atoms with E-state index in [-0.39, 0.29) is 30.5 Å². The van der Waals surface area contributed by atoms with Crippen LogP contribution in [0.4, 0.5) is 5.69 Å². The van der Waals surface area contributed by atoms with E-state index in [9.17, 15) is 13.2 Å². The van der Waals surface area contributed by atoms with Crippen LogP contribution in [0.25, 0.3) is 0 Å². The fourth-order valence-electron chi connectivity index (χ4n) is 3.49. The fourth-order valence-corrected chi connectivity index (χ4v) is 4.74. The Labute approximate surface area is 186 Å². The largest absolute Gasteiger partial charge is 0.482 e. The Balaban J connectivity index is 1.61. The Morgan fingerprint density at radius 1 is 1.16 bits per heavy atom. The van der Waals surface area contributed by atoms with Crippen molar-refractivity contribution >= 4 is 21.6 Å². The van der Waals surface area contributed by atoms with E-state index in [2.05, 4.69) is 14.9 Å². The molecule has 0 unspecified atom stereocenters. The number of carbonyl (C=O) groups excluding carboxylic acids is 1. The minimum atomic E-state index is -3.80. The van der Waals surface area contributed by atoms with E-state index in [0.717, 1.165) is 11.1 Å². The summed E-state index contributed by atoms with van der Waals surface area (Å²) in [5.74, 6) is 0.897. The first-order chi connectivity index (χ1) is 15.3. The van der Waals surface area contributed by atoms with Crippen molar-refractivity contribution in [2.45, 2.75) is 45.2 Å². The fraction of sp³-hybridized carbons (Fsp3) is 0.318. The monoisotopic (exact) mass is 456 g/mol. The van der Waals surface area contributed by atoms with Gasteiger partial charge in [-0.2, -0.15) is 4.98 Å². The number of nitrogens with zero attached hydrogens (tertiary/aromatic N) is 3. The molecular formula is C22H24N4O5S. The minimum Gasteiger partial charge on any atom is -0.482 e. The number of aryl methyl sites for hydroxylation is 3. The lowest BCUT2D eigenvalue weighted by atomic mass is 10.1. The molecule has 4 rings (SSSR count). The van der Waals surface area contributed by atoms with Gasteiger partial charge in [-0.15, -0.1) is 0 Å². The van der Waals surface area contributed by atoms with Gasteiger partial charge in [0.1, 0.15) is 5.75 Å². The van der Waals surface area contributed by atoms with Gasteiger partial charge in [-0.25, -0.2) is 13.1 Å². The second-order valence-electron chi connectivity index (χ2n) is 7.56. The second-order valence-corrected chi connectivity index (χ2v) is 9.30. The Morgan fingerprint density at radius 2 is 1.94 bits per heavy atom. The molecule has 168 valence electrons. The molecule has 1 aliphatic heterocycles. The van der Waals surface area contributed by atoms with Crippen molar-refractivity contribution < 1.29 is 22.5 Å². The zero-order valence-corrected chi connectivity index (χ0v) is 18.9. The molecule has 1 N–H and O–H groups in total. The van der Waals surface area contributed by atoms with Crippen molar-refractivity contribution in [3.8, 4) is 5.75 Å². The smallest absolute Gasteiger partial charge is 0.265 e. The number of amides is 1. The Morgan fingerprint density at radius 3 is 2.66 bits per heavy atom. The molecule has 1 aliphatic rings. The topological polar surface area (TPSA) is 115 Å². The van der Waals surface area contributed by atoms with Gasteiger partial charge in [0.2, 0.25) is 15.9 Å². The maximum atomic E-state index is 13.0. The third-order valence-electron chi connectivity index (χ3n) is 5.32. The molecule has 2 aromatic carbocycles. The minimum absolute atomic E-state index is 0.104. The number of ether oxygens (including phenoxy) is 1. The number of rotatable bonds is 7. The van der Waals surface area contributed by atoms with E-state index in [1.165, 1.54) is 11.0 Å². The number of aromatic nitrogens is 2. The highest BCUT2D eigenvalue weighted by atomic mass is 32.2. The molecule has 0 radical (unpaired) electrons. The van der Waals surface area contributed by atoms with Gasteiger partial charge < -0.3 is 9.26 Å². The van der Waals surface area contributed by atoms with Gasteiger partial charge in [0.15, 0.2) is 12.4 Å². The summed E-state index contributed by atoms with van der Waals surface area (Å²) < 4.78 is 39.4. The summed E-state index contributed by atoms with van der Waals surface area (Å²) in [6, 6.07) is 10.7. The summed E-state index contributed by atoms with van der Waals surface area (Å²) in [4.78, 5) is 18.3. The molecule has 2 heterocycles. The van der Waals surface area contributed by atoms with Gasteiger partial charge in [0.25, 0.3) is 5.91 Å². The molecule has 0 atom stereocenters. The molecule has 0 saturated heterocycles. The highest BCUT2D eigenvalue weighted by molar-refractivity contribution is 7.89. The van der Waals surface area contributed by atoms with Crippen LogP contribution in [0.3, 0.4) is 0 Å². The first-order valence-corrected chi connectivity index (χ1v) is 11.7. The van der Waals surface area contributed by atoms with E-state index in [1.54, 1.807) is 13.0 Å². The summed E-state index contributed by atoms with van der Waals surface area (Å²) in [5.41, 5.74) is 2.86. The van der Waals surface area contributed by atoms with Crippen LogP contribution in [0.15, 0.2) is 45.8 Å². The summed E-state index contributed by atoms with van der Waals surface area (Å²) in [6.45, 7) is 5.59. The van der Waals surface area contributed by atoms with Crippen LogP contribution in [-0.4, -0.2) is 31.1 Å². The molecule has 0 fully saturated rings. The predicted octanol–water partition coefficient (Wildman–Crippen LogP) is 2.65. The number of nitrogens with one attached hydrogen (secondary N) is 1. The first-order valence-electron chi connectivity index (χ1n) is 10.2. The standard InChI is InChI=1S/C22H24N4O5S/c1-4-21-24-20(25-31-21)12-26-17-9-15(3)19(10-18(17)30-13-22(26)27)32(28,29)23-11-16-8-6-5-7-14(16)2/h5-10,23H,4,11-13H2,1-3H3. The van der Waals surface area contributed by atoms with Crippen LogP contribution < -0.4 is 14.4 Å². The highest BCUT2D eigenvalue weighted by Crippen LogP contribution is 2.37. The third kappa shape index (κ3) is 4.37. The highest BCUT2D eigenvalue weighted by Gasteiger charge is 2.30. The molecule has 9 nitrogen and oxygen atoms in total. The molecule has 1 amide bonds. The van der Waals surface area contributed by atoms with Crippen LogP contribution >= 0.6 is 0 Å². The van der Waals surface area contributed by atoms with Crippen molar-refractivity contribution in [3.63, 3.8) is 0 Å². The first kappa shape index (κ1) is 22.0. The molecule has 0 aliphatic carbocycles. The number of fused-ring (bicyclic) bond motifs is 1. The van der Waals surface area contributed by atoms with Crippen molar-refractivity contribution in [1.82, 2.24) is 14.9 Å². The van der Waals surface area contributed by atoms with E-state index >= 15 is 0 Å². The van der Waals surface area contributed by atoms with Gasteiger partial charge in [-0.1, -0.05) is 36.3 Å². The quantitative estimate of drug-likeness (QED) is 0.581. The number of anilines is 1. The van der Waals surface area contributed by atoms with Crippen molar-refractivity contribution in [2.24, 2.45) is 0 Å². The normalized spacial score (nSPS) is 13.7. The summed E-state index contributed by atoms with van der Waals surface area (Å²) in [5, 5.41) is 3.90. The summed E-state index contributed by atoms with van der Waals surface area (Å²) in [7, 11) is -3.80. The van der Waals surface area contributed by atoms with Gasteiger partial charge in [-0.3, -0.25) is 9.69 Å². The second kappa shape index (κ2) is 8.71. The lowest BCUT2D eigenvalue weighted by Crippen LogP contribution is -2.38. The van der Waals surface area contributed by atoms with Crippen LogP contribution in [0.5, 0.6) is 5.75 Å².